The number of carbonyl (C=O) groups excluding carboxylic acids is 2. The zero-order valence-electron chi connectivity index (χ0n) is 39.7. The lowest BCUT2D eigenvalue weighted by Gasteiger charge is -2.29. The number of carboxylic acids is 1. The third-order valence-electron chi connectivity index (χ3n) is 13.3. The molecule has 5 N–H and O–H groups in total. The number of unbranched alkanes of at least 4 members (excludes halogenated alkanes) is 1. The average molecular weight is 848 g/mol. The summed E-state index contributed by atoms with van der Waals surface area (Å²) in [7, 11) is 13.2. The molecule has 2 atom stereocenters. The number of H-pyrrole nitrogens is 3. The van der Waals surface area contributed by atoms with Gasteiger partial charge in [-0.3, -0.25) is 14.4 Å². The first-order chi connectivity index (χ1) is 29.2. The molecule has 11 nitrogen and oxygen atoms in total. The summed E-state index contributed by atoms with van der Waals surface area (Å²) >= 11 is 0. The van der Waals surface area contributed by atoms with Crippen molar-refractivity contribution in [3.05, 3.63) is 78.2 Å². The van der Waals surface area contributed by atoms with E-state index in [4.69, 9.17) is 0 Å². The quantitative estimate of drug-likeness (QED) is 0.0655. The number of aromatic amines is 3. The minimum absolute atomic E-state index is 0.0597. The molecule has 11 heteroatoms. The lowest BCUT2D eigenvalue weighted by molar-refractivity contribution is -0.870. The second-order valence-corrected chi connectivity index (χ2v) is 20.0. The van der Waals surface area contributed by atoms with E-state index in [-0.39, 0.29) is 36.4 Å². The number of amides is 1. The number of aromatic nitrogens is 3. The maximum Gasteiger partial charge on any atom is 0.303 e. The first-order valence-electron chi connectivity index (χ1n) is 22.9. The van der Waals surface area contributed by atoms with Crippen LogP contribution in [0.15, 0.2) is 11.4 Å². The van der Waals surface area contributed by atoms with E-state index in [1.165, 1.54) is 16.7 Å². The second-order valence-electron chi connectivity index (χ2n) is 20.0. The minimum Gasteiger partial charge on any atom is -0.481 e. The van der Waals surface area contributed by atoms with Crippen LogP contribution in [-0.4, -0.2) is 120 Å². The molecule has 62 heavy (non-hydrogen) atoms. The first-order valence-corrected chi connectivity index (χ1v) is 22.9. The molecule has 1 fully saturated rings. The molecule has 5 heterocycles. The summed E-state index contributed by atoms with van der Waals surface area (Å²) in [6, 6.07) is 0. The Hall–Kier alpha value is -5.05. The van der Waals surface area contributed by atoms with Crippen molar-refractivity contribution < 1.29 is 28.5 Å². The topological polar surface area (TPSA) is 134 Å². The van der Waals surface area contributed by atoms with Gasteiger partial charge in [0.05, 0.1) is 72.3 Å². The number of allylic oxidation sites excluding steroid dienone is 4. The van der Waals surface area contributed by atoms with E-state index >= 15 is 0 Å². The molecule has 1 saturated heterocycles. The highest BCUT2D eigenvalue weighted by atomic mass is 16.4. The van der Waals surface area contributed by atoms with Gasteiger partial charge in [-0.15, -0.1) is 0 Å². The van der Waals surface area contributed by atoms with Crippen molar-refractivity contribution in [2.75, 3.05) is 68.5 Å². The monoisotopic (exact) mass is 848 g/mol. The van der Waals surface area contributed by atoms with E-state index in [1.807, 2.05) is 6.92 Å². The van der Waals surface area contributed by atoms with Crippen molar-refractivity contribution in [3.63, 3.8) is 0 Å². The summed E-state index contributed by atoms with van der Waals surface area (Å²) in [6.45, 7) is 16.4. The van der Waals surface area contributed by atoms with Crippen LogP contribution in [0, 0.1) is 44.4 Å². The van der Waals surface area contributed by atoms with Crippen molar-refractivity contribution in [3.8, 4) is 11.8 Å². The van der Waals surface area contributed by atoms with Crippen molar-refractivity contribution >= 4 is 41.0 Å². The molecule has 0 saturated carbocycles. The Morgan fingerprint density at radius 1 is 0.790 bits per heavy atom. The van der Waals surface area contributed by atoms with Gasteiger partial charge in [-0.25, -0.2) is 0 Å². The van der Waals surface area contributed by atoms with Gasteiger partial charge in [0.1, 0.15) is 0 Å². The second kappa shape index (κ2) is 18.7. The molecule has 3 aromatic rings. The number of nitrogens with one attached hydrogen (secondary N) is 4. The van der Waals surface area contributed by atoms with Crippen LogP contribution >= 0.6 is 0 Å². The van der Waals surface area contributed by atoms with Crippen LogP contribution in [0.2, 0.25) is 0 Å². The van der Waals surface area contributed by atoms with Crippen molar-refractivity contribution in [1.82, 2.24) is 25.2 Å². The Balaban J connectivity index is 1.53. The highest BCUT2D eigenvalue weighted by molar-refractivity contribution is 6.13. The van der Waals surface area contributed by atoms with E-state index in [1.54, 1.807) is 0 Å². The number of carboxylic acid groups (broad SMARTS) is 1. The maximum atomic E-state index is 14.4. The summed E-state index contributed by atoms with van der Waals surface area (Å²) in [5.41, 5.74) is 14.0. The first kappa shape index (κ1) is 46.5. The van der Waals surface area contributed by atoms with E-state index in [2.05, 4.69) is 126 Å². The molecule has 6 rings (SSSR count). The van der Waals surface area contributed by atoms with Gasteiger partial charge in [-0.2, -0.15) is 0 Å². The van der Waals surface area contributed by atoms with Crippen LogP contribution in [0.5, 0.6) is 0 Å². The van der Waals surface area contributed by atoms with Crippen LogP contribution in [0.1, 0.15) is 133 Å². The summed E-state index contributed by atoms with van der Waals surface area (Å²) < 4.78 is 1.71. The summed E-state index contributed by atoms with van der Waals surface area (Å²) in [4.78, 5) is 53.3. The standard InChI is InChI=1S/C51H71N7O4/c1-13-35-31(3)40-29-43-36(14-2)32(4)48(54-43)38(20-16-15-17-21-46(61)62)49-33(5)37(22-23-45(60)56(24-18-26-57(7,8)9)25-19-27-58(10,11)12)50(55-49)39-28-44(59)47-34(6)41(53-51(39)47)30-42(35)52-40/h29-30,33,37,52,54H,13-15,17-19,21-28H2,1-12H3,(H-2,53,55,59,61,62)/p+2. The summed E-state index contributed by atoms with van der Waals surface area (Å²) in [6.07, 6.45) is 10.2. The largest absolute Gasteiger partial charge is 0.481 e. The van der Waals surface area contributed by atoms with Gasteiger partial charge in [0.25, 0.3) is 0 Å². The minimum atomic E-state index is -0.827. The molecule has 8 bridgehead atoms. The van der Waals surface area contributed by atoms with Gasteiger partial charge in [-0.1, -0.05) is 32.6 Å². The van der Waals surface area contributed by atoms with E-state index < -0.39 is 5.97 Å². The summed E-state index contributed by atoms with van der Waals surface area (Å²) in [5.74, 6) is 6.22. The molecule has 2 unspecified atom stereocenters. The van der Waals surface area contributed by atoms with E-state index in [0.717, 1.165) is 134 Å². The van der Waals surface area contributed by atoms with Gasteiger partial charge in [0.2, 0.25) is 5.91 Å². The highest BCUT2D eigenvalue weighted by Crippen LogP contribution is 2.47. The van der Waals surface area contributed by atoms with Gasteiger partial charge in [0.15, 0.2) is 5.78 Å². The normalized spacial score (nSPS) is 17.2. The predicted octanol–water partition coefficient (Wildman–Crippen LogP) is 6.32. The predicted molar refractivity (Wildman–Crippen MR) is 250 cm³/mol. The van der Waals surface area contributed by atoms with E-state index in [0.29, 0.717) is 25.7 Å². The smallest absolute Gasteiger partial charge is 0.303 e. The lowest BCUT2D eigenvalue weighted by Crippen LogP contribution is -2.41. The Bertz CT molecular complexity index is 2460. The maximum absolute atomic E-state index is 14.4. The molecule has 0 radical (unpaired) electrons. The molecule has 0 spiro atoms. The average Bonchev–Trinajstić information content (AvgIpc) is 3.95. The molecular formula is C51H73N7O4+2. The zero-order chi connectivity index (χ0) is 45.3. The fraction of sp³-hybridized carbons (Fsp3) is 0.549. The molecule has 2 aliphatic heterocycles. The Morgan fingerprint density at radius 2 is 1.42 bits per heavy atom. The number of rotatable bonds is 16. The number of hydrogen-bond acceptors (Lipinski definition) is 4. The van der Waals surface area contributed by atoms with Crippen molar-refractivity contribution in [2.45, 2.75) is 106 Å². The number of Topliss-reactive ketones (excluding diaryl/α,β-unsaturated/α-hetero) is 1. The zero-order valence-corrected chi connectivity index (χ0v) is 39.7. The molecule has 1 amide bonds. The number of carbonyl (C=O) groups is 3. The molecule has 334 valence electrons. The Labute approximate surface area is 369 Å². The Kier molecular flexibility index (Phi) is 14.0. The fourth-order valence-corrected chi connectivity index (χ4v) is 9.88. The van der Waals surface area contributed by atoms with Crippen molar-refractivity contribution in [2.24, 2.45) is 11.8 Å². The van der Waals surface area contributed by atoms with Crippen LogP contribution in [-0.2, 0) is 22.4 Å². The van der Waals surface area contributed by atoms with Crippen LogP contribution in [0.25, 0.3) is 23.3 Å². The fourth-order valence-electron chi connectivity index (χ4n) is 9.88. The number of nitrogens with zero attached hydrogens (tertiary/aromatic N) is 3. The number of hydrogen-bond donors (Lipinski definition) is 5. The Morgan fingerprint density at radius 3 is 2.03 bits per heavy atom. The molecular weight excluding hydrogens is 775 g/mol. The third-order valence-corrected chi connectivity index (χ3v) is 13.3. The molecule has 0 aromatic carbocycles. The number of aliphatic carboxylic acids is 1. The van der Waals surface area contributed by atoms with Gasteiger partial charge < -0.3 is 39.2 Å². The molecule has 3 aliphatic rings. The van der Waals surface area contributed by atoms with Crippen LogP contribution < -0.4 is 16.0 Å². The highest BCUT2D eigenvalue weighted by Gasteiger charge is 2.41. The number of ketones is 1. The van der Waals surface area contributed by atoms with Gasteiger partial charge in [-0.05, 0) is 86.4 Å². The van der Waals surface area contributed by atoms with E-state index in [9.17, 15) is 19.5 Å². The lowest BCUT2D eigenvalue weighted by atomic mass is 9.85. The van der Waals surface area contributed by atoms with Gasteiger partial charge >= 0.3 is 5.97 Å². The number of fused-ring (bicyclic) bond motifs is 7. The van der Waals surface area contributed by atoms with Crippen LogP contribution in [0.4, 0.5) is 0 Å². The third kappa shape index (κ3) is 10.1. The summed E-state index contributed by atoms with van der Waals surface area (Å²) in [5, 5.41) is 15.3. The number of quaternary nitrogens is 2. The van der Waals surface area contributed by atoms with Crippen molar-refractivity contribution in [1.29, 1.82) is 0 Å². The SMILES string of the molecule is CCc1c2[nH]c(c1C)C(C#CCCCC(=O)O)=C1NC(=C3CC(=O)c4c3[nH]c(c4C)C=c3[nH]c(c(C)c3CC)=C2)C(CCC(=O)N(CCC[N+](C)(C)C)CCC[N+](C)(C)C)C1C. The van der Waals surface area contributed by atoms with Crippen LogP contribution in [0.3, 0.4) is 0 Å². The van der Waals surface area contributed by atoms with Gasteiger partial charge in [0, 0.05) is 108 Å². The molecule has 1 aliphatic carbocycles. The molecule has 3 aromatic heterocycles.